The SMILES string of the molecule is CCCCOC(=O)NC(N)=NCCCCCCCCCCCCN=C(N)NC(=O)OCCCC. The maximum absolute atomic E-state index is 11.4. The number of nitrogens with zero attached hydrogens (tertiary/aromatic N) is 2. The molecule has 0 spiro atoms. The van der Waals surface area contributed by atoms with Gasteiger partial charge in [0, 0.05) is 13.1 Å². The third-order valence-corrected chi connectivity index (χ3v) is 5.05. The summed E-state index contributed by atoms with van der Waals surface area (Å²) in [5, 5.41) is 4.87. The van der Waals surface area contributed by atoms with Crippen molar-refractivity contribution >= 4 is 24.1 Å². The zero-order valence-electron chi connectivity index (χ0n) is 21.4. The van der Waals surface area contributed by atoms with Gasteiger partial charge in [-0.15, -0.1) is 0 Å². The maximum Gasteiger partial charge on any atom is 0.413 e. The predicted octanol–water partition coefficient (Wildman–Crippen LogP) is 4.57. The smallest absolute Gasteiger partial charge is 0.413 e. The average molecular weight is 485 g/mol. The summed E-state index contributed by atoms with van der Waals surface area (Å²) < 4.78 is 9.94. The lowest BCUT2D eigenvalue weighted by molar-refractivity contribution is 0.149. The molecule has 10 heteroatoms. The van der Waals surface area contributed by atoms with Crippen molar-refractivity contribution in [3.05, 3.63) is 0 Å². The summed E-state index contributed by atoms with van der Waals surface area (Å²) in [5.74, 6) is 0.243. The number of nitrogens with one attached hydrogen (secondary N) is 2. The molecule has 0 heterocycles. The Morgan fingerprint density at radius 3 is 1.24 bits per heavy atom. The van der Waals surface area contributed by atoms with Crippen LogP contribution in [0.5, 0.6) is 0 Å². The van der Waals surface area contributed by atoms with Crippen molar-refractivity contribution in [3.8, 4) is 0 Å². The fourth-order valence-corrected chi connectivity index (χ4v) is 3.02. The molecular weight excluding hydrogens is 436 g/mol. The first-order valence-corrected chi connectivity index (χ1v) is 13.0. The van der Waals surface area contributed by atoms with E-state index in [-0.39, 0.29) is 11.9 Å². The lowest BCUT2D eigenvalue weighted by Crippen LogP contribution is -2.37. The van der Waals surface area contributed by atoms with E-state index in [0.717, 1.165) is 51.4 Å². The summed E-state index contributed by atoms with van der Waals surface area (Å²) in [5.41, 5.74) is 11.4. The summed E-state index contributed by atoms with van der Waals surface area (Å²) in [7, 11) is 0. The van der Waals surface area contributed by atoms with Gasteiger partial charge >= 0.3 is 12.2 Å². The zero-order chi connectivity index (χ0) is 25.3. The van der Waals surface area contributed by atoms with E-state index in [9.17, 15) is 9.59 Å². The Balaban J connectivity index is 3.47. The maximum atomic E-state index is 11.4. The number of carbonyl (C=O) groups is 2. The molecule has 0 aliphatic rings. The van der Waals surface area contributed by atoms with Crippen LogP contribution in [0.4, 0.5) is 9.59 Å². The number of aliphatic imine (C=N–C) groups is 2. The van der Waals surface area contributed by atoms with Crippen LogP contribution >= 0.6 is 0 Å². The third-order valence-electron chi connectivity index (χ3n) is 5.05. The van der Waals surface area contributed by atoms with E-state index in [1.54, 1.807) is 0 Å². The molecule has 0 aliphatic heterocycles. The van der Waals surface area contributed by atoms with Gasteiger partial charge in [-0.25, -0.2) is 9.59 Å². The molecule has 0 unspecified atom stereocenters. The van der Waals surface area contributed by atoms with Crippen molar-refractivity contribution in [2.75, 3.05) is 26.3 Å². The Labute approximate surface area is 205 Å². The molecule has 0 atom stereocenters. The van der Waals surface area contributed by atoms with Gasteiger partial charge in [-0.3, -0.25) is 20.6 Å². The molecule has 0 aromatic rings. The van der Waals surface area contributed by atoms with Gasteiger partial charge in [-0.05, 0) is 25.7 Å². The van der Waals surface area contributed by atoms with E-state index in [1.807, 2.05) is 13.8 Å². The highest BCUT2D eigenvalue weighted by molar-refractivity contribution is 5.93. The van der Waals surface area contributed by atoms with Crippen LogP contribution in [0.25, 0.3) is 0 Å². The Kier molecular flexibility index (Phi) is 21.9. The van der Waals surface area contributed by atoms with Gasteiger partial charge in [0.1, 0.15) is 0 Å². The van der Waals surface area contributed by atoms with Crippen molar-refractivity contribution in [1.29, 1.82) is 0 Å². The summed E-state index contributed by atoms with van der Waals surface area (Å²) in [4.78, 5) is 31.2. The van der Waals surface area contributed by atoms with Gasteiger partial charge in [-0.2, -0.15) is 0 Å². The first kappa shape index (κ1) is 31.5. The number of amides is 2. The highest BCUT2D eigenvalue weighted by atomic mass is 16.6. The molecule has 0 bridgehead atoms. The minimum atomic E-state index is -0.539. The quantitative estimate of drug-likeness (QED) is 0.120. The van der Waals surface area contributed by atoms with Crippen LogP contribution in [0.1, 0.15) is 104 Å². The van der Waals surface area contributed by atoms with Crippen LogP contribution in [0.3, 0.4) is 0 Å². The minimum absolute atomic E-state index is 0.121. The number of rotatable bonds is 19. The molecule has 2 amide bonds. The molecular formula is C24H48N6O4. The summed E-state index contributed by atoms with van der Waals surface area (Å²) in [6.45, 7) is 6.09. The molecule has 0 saturated heterocycles. The highest BCUT2D eigenvalue weighted by Gasteiger charge is 2.04. The van der Waals surface area contributed by atoms with Crippen LogP contribution in [0.2, 0.25) is 0 Å². The summed E-state index contributed by atoms with van der Waals surface area (Å²) in [6.07, 6.45) is 14.0. The van der Waals surface area contributed by atoms with Gasteiger partial charge in [0.25, 0.3) is 0 Å². The van der Waals surface area contributed by atoms with Crippen LogP contribution in [-0.4, -0.2) is 50.4 Å². The Bertz CT molecular complexity index is 534. The second kappa shape index (κ2) is 23.6. The van der Waals surface area contributed by atoms with Crippen molar-refractivity contribution in [1.82, 2.24) is 10.6 Å². The molecule has 0 fully saturated rings. The molecule has 34 heavy (non-hydrogen) atoms. The topological polar surface area (TPSA) is 153 Å². The van der Waals surface area contributed by atoms with Crippen LogP contribution in [0.15, 0.2) is 9.98 Å². The van der Waals surface area contributed by atoms with Crippen LogP contribution in [0, 0.1) is 0 Å². The monoisotopic (exact) mass is 484 g/mol. The molecule has 0 radical (unpaired) electrons. The average Bonchev–Trinajstić information content (AvgIpc) is 2.79. The normalized spacial score (nSPS) is 11.8. The van der Waals surface area contributed by atoms with E-state index in [1.165, 1.54) is 38.5 Å². The van der Waals surface area contributed by atoms with Crippen molar-refractivity contribution in [2.45, 2.75) is 104 Å². The summed E-state index contributed by atoms with van der Waals surface area (Å²) >= 11 is 0. The zero-order valence-corrected chi connectivity index (χ0v) is 21.4. The number of carbonyl (C=O) groups excluding carboxylic acids is 2. The number of unbranched alkanes of at least 4 members (excludes halogenated alkanes) is 11. The molecule has 0 aromatic heterocycles. The van der Waals surface area contributed by atoms with Crippen LogP contribution < -0.4 is 22.1 Å². The molecule has 6 N–H and O–H groups in total. The number of hydrogen-bond acceptors (Lipinski definition) is 6. The first-order chi connectivity index (χ1) is 16.5. The molecule has 0 aliphatic carbocycles. The Morgan fingerprint density at radius 2 is 0.912 bits per heavy atom. The lowest BCUT2D eigenvalue weighted by Gasteiger charge is -2.06. The third kappa shape index (κ3) is 22.7. The Morgan fingerprint density at radius 1 is 0.588 bits per heavy atom. The minimum Gasteiger partial charge on any atom is -0.449 e. The molecule has 0 saturated carbocycles. The fraction of sp³-hybridized carbons (Fsp3) is 0.833. The second-order valence-corrected chi connectivity index (χ2v) is 8.30. The van der Waals surface area contributed by atoms with E-state index in [0.29, 0.717) is 26.3 Å². The standard InChI is InChI=1S/C24H48N6O4/c1-3-5-19-33-23(31)29-21(25)27-17-15-13-11-9-7-8-10-12-14-16-18-28-22(26)30-24(32)34-20-6-4-2/h3-20H2,1-2H3,(H3,25,27,29,31)(H3,26,28,30,32). The van der Waals surface area contributed by atoms with E-state index in [4.69, 9.17) is 20.9 Å². The van der Waals surface area contributed by atoms with E-state index in [2.05, 4.69) is 20.6 Å². The first-order valence-electron chi connectivity index (χ1n) is 13.0. The van der Waals surface area contributed by atoms with Gasteiger partial charge < -0.3 is 20.9 Å². The second-order valence-electron chi connectivity index (χ2n) is 8.30. The van der Waals surface area contributed by atoms with Gasteiger partial charge in [0.2, 0.25) is 0 Å². The van der Waals surface area contributed by atoms with Crippen molar-refractivity contribution in [2.24, 2.45) is 21.5 Å². The largest absolute Gasteiger partial charge is 0.449 e. The Hall–Kier alpha value is -2.52. The number of nitrogens with two attached hydrogens (primary N) is 2. The van der Waals surface area contributed by atoms with Gasteiger partial charge in [0.05, 0.1) is 13.2 Å². The number of guanidine groups is 2. The van der Waals surface area contributed by atoms with Gasteiger partial charge in [-0.1, -0.05) is 78.1 Å². The number of hydrogen-bond donors (Lipinski definition) is 4. The highest BCUT2D eigenvalue weighted by Crippen LogP contribution is 2.10. The predicted molar refractivity (Wildman–Crippen MR) is 138 cm³/mol. The lowest BCUT2D eigenvalue weighted by atomic mass is 10.1. The molecule has 0 rings (SSSR count). The number of alkyl carbamates (subject to hydrolysis) is 2. The number of ether oxygens (including phenoxy) is 2. The fourth-order valence-electron chi connectivity index (χ4n) is 3.02. The van der Waals surface area contributed by atoms with E-state index >= 15 is 0 Å². The van der Waals surface area contributed by atoms with E-state index < -0.39 is 12.2 Å². The summed E-state index contributed by atoms with van der Waals surface area (Å²) in [6, 6.07) is 0. The van der Waals surface area contributed by atoms with Gasteiger partial charge in [0.15, 0.2) is 11.9 Å². The van der Waals surface area contributed by atoms with Crippen molar-refractivity contribution < 1.29 is 19.1 Å². The van der Waals surface area contributed by atoms with Crippen molar-refractivity contribution in [3.63, 3.8) is 0 Å². The molecule has 0 aromatic carbocycles. The molecule has 198 valence electrons. The van der Waals surface area contributed by atoms with Crippen LogP contribution in [-0.2, 0) is 9.47 Å². The molecule has 10 nitrogen and oxygen atoms in total.